The number of aromatic hydroxyl groups is 2. The third kappa shape index (κ3) is 1.17. The lowest BCUT2D eigenvalue weighted by Gasteiger charge is -2.00. The smallest absolute Gasteiger partial charge is 0.181 e. The van der Waals surface area contributed by atoms with E-state index >= 15 is 0 Å². The molecule has 0 heterocycles. The van der Waals surface area contributed by atoms with Crippen LogP contribution in [0.2, 0.25) is 0 Å². The minimum Gasteiger partial charge on any atom is -0.504 e. The van der Waals surface area contributed by atoms with Crippen LogP contribution in [0.3, 0.4) is 0 Å². The molecule has 0 aliphatic heterocycles. The lowest BCUT2D eigenvalue weighted by Crippen LogP contribution is -1.87. The number of nitriles is 1. The molecule has 0 radical (unpaired) electrons. The highest BCUT2D eigenvalue weighted by molar-refractivity contribution is 5.62. The van der Waals surface area contributed by atoms with Gasteiger partial charge in [-0.1, -0.05) is 0 Å². The summed E-state index contributed by atoms with van der Waals surface area (Å²) in [5.41, 5.74) is 5.46. The van der Waals surface area contributed by atoms with Crippen LogP contribution in [0.4, 0.5) is 5.69 Å². The summed E-state index contributed by atoms with van der Waals surface area (Å²) in [5, 5.41) is 26.3. The number of hydrogen-bond donors (Lipinski definition) is 3. The summed E-state index contributed by atoms with van der Waals surface area (Å²) in [6, 6.07) is 4.22. The monoisotopic (exact) mass is 150 g/mol. The number of hydrogen-bond acceptors (Lipinski definition) is 4. The van der Waals surface area contributed by atoms with Crippen LogP contribution in [0.15, 0.2) is 12.1 Å². The largest absolute Gasteiger partial charge is 0.504 e. The highest BCUT2D eigenvalue weighted by atomic mass is 16.3. The number of phenolic OH excluding ortho intramolecular Hbond substituents is 2. The number of phenols is 2. The number of nitrogens with zero attached hydrogens (tertiary/aromatic N) is 1. The van der Waals surface area contributed by atoms with Gasteiger partial charge in [0.25, 0.3) is 0 Å². The molecular formula is C7H6N2O2. The molecule has 0 atom stereocenters. The van der Waals surface area contributed by atoms with E-state index in [2.05, 4.69) is 0 Å². The predicted molar refractivity (Wildman–Crippen MR) is 38.9 cm³/mol. The average Bonchev–Trinajstić information content (AvgIpc) is 1.99. The van der Waals surface area contributed by atoms with Gasteiger partial charge in [0.05, 0.1) is 17.3 Å². The minimum absolute atomic E-state index is 0.00144. The molecule has 0 bridgehead atoms. The zero-order valence-corrected chi connectivity index (χ0v) is 5.57. The van der Waals surface area contributed by atoms with Crippen LogP contribution in [-0.2, 0) is 0 Å². The molecule has 0 saturated heterocycles. The topological polar surface area (TPSA) is 90.3 Å². The number of rotatable bonds is 0. The van der Waals surface area contributed by atoms with Crippen LogP contribution >= 0.6 is 0 Å². The van der Waals surface area contributed by atoms with E-state index < -0.39 is 0 Å². The van der Waals surface area contributed by atoms with Gasteiger partial charge in [-0.15, -0.1) is 0 Å². The third-order valence-corrected chi connectivity index (χ3v) is 1.25. The second-order valence-electron chi connectivity index (χ2n) is 2.05. The summed E-state index contributed by atoms with van der Waals surface area (Å²) in [5.74, 6) is -0.759. The molecule has 4 nitrogen and oxygen atoms in total. The average molecular weight is 150 g/mol. The van der Waals surface area contributed by atoms with Crippen molar-refractivity contribution in [3.8, 4) is 17.6 Å². The molecule has 0 unspecified atom stereocenters. The number of nitrogen functional groups attached to an aromatic ring is 1. The van der Waals surface area contributed by atoms with E-state index in [9.17, 15) is 0 Å². The molecule has 0 amide bonds. The SMILES string of the molecule is N#Cc1cc(N)c(O)c(O)c1. The molecule has 1 aromatic carbocycles. The first-order chi connectivity index (χ1) is 5.15. The van der Waals surface area contributed by atoms with E-state index in [1.54, 1.807) is 6.07 Å². The van der Waals surface area contributed by atoms with Gasteiger partial charge < -0.3 is 15.9 Å². The Morgan fingerprint density at radius 2 is 2.00 bits per heavy atom. The molecule has 4 N–H and O–H groups in total. The maximum absolute atomic E-state index is 8.94. The Morgan fingerprint density at radius 3 is 2.45 bits per heavy atom. The number of anilines is 1. The predicted octanol–water partition coefficient (Wildman–Crippen LogP) is 0.552. The molecule has 0 aliphatic carbocycles. The van der Waals surface area contributed by atoms with Crippen molar-refractivity contribution >= 4 is 5.69 Å². The van der Waals surface area contributed by atoms with Gasteiger partial charge in [0, 0.05) is 6.07 Å². The van der Waals surface area contributed by atoms with Crippen molar-refractivity contribution in [1.82, 2.24) is 0 Å². The zero-order valence-electron chi connectivity index (χ0n) is 5.57. The molecule has 11 heavy (non-hydrogen) atoms. The highest BCUT2D eigenvalue weighted by Gasteiger charge is 2.04. The molecule has 1 aromatic rings. The van der Waals surface area contributed by atoms with Crippen LogP contribution in [0.25, 0.3) is 0 Å². The fraction of sp³-hybridized carbons (Fsp3) is 0. The summed E-state index contributed by atoms with van der Waals surface area (Å²) in [4.78, 5) is 0. The number of benzene rings is 1. The molecule has 0 aromatic heterocycles. The van der Waals surface area contributed by atoms with E-state index in [0.29, 0.717) is 0 Å². The van der Waals surface area contributed by atoms with Gasteiger partial charge in [0.2, 0.25) is 0 Å². The molecule has 0 spiro atoms. The Bertz CT molecular complexity index is 305. The zero-order chi connectivity index (χ0) is 8.43. The second-order valence-corrected chi connectivity index (χ2v) is 2.05. The summed E-state index contributed by atoms with van der Waals surface area (Å²) in [6.45, 7) is 0. The lowest BCUT2D eigenvalue weighted by atomic mass is 10.2. The molecule has 4 heteroatoms. The Labute approximate surface area is 63.1 Å². The highest BCUT2D eigenvalue weighted by Crippen LogP contribution is 2.31. The van der Waals surface area contributed by atoms with E-state index in [1.165, 1.54) is 6.07 Å². The standard InChI is InChI=1S/C7H6N2O2/c8-3-4-1-5(9)7(11)6(10)2-4/h1-2,10-11H,9H2. The Hall–Kier alpha value is -1.89. The van der Waals surface area contributed by atoms with Crippen LogP contribution < -0.4 is 5.73 Å². The normalized spacial score (nSPS) is 9.00. The first-order valence-electron chi connectivity index (χ1n) is 2.86. The maximum atomic E-state index is 8.94. The second kappa shape index (κ2) is 2.39. The van der Waals surface area contributed by atoms with Crippen molar-refractivity contribution < 1.29 is 10.2 Å². The first kappa shape index (κ1) is 7.22. The fourth-order valence-electron chi connectivity index (χ4n) is 0.706. The third-order valence-electron chi connectivity index (χ3n) is 1.25. The molecule has 0 saturated carbocycles. The van der Waals surface area contributed by atoms with Gasteiger partial charge in [0.1, 0.15) is 0 Å². The van der Waals surface area contributed by atoms with Gasteiger partial charge in [0.15, 0.2) is 11.5 Å². The Kier molecular flexibility index (Phi) is 1.57. The van der Waals surface area contributed by atoms with E-state index in [-0.39, 0.29) is 22.7 Å². The summed E-state index contributed by atoms with van der Waals surface area (Å²) < 4.78 is 0. The van der Waals surface area contributed by atoms with Crippen LogP contribution in [0.5, 0.6) is 11.5 Å². The van der Waals surface area contributed by atoms with Crippen molar-refractivity contribution in [3.05, 3.63) is 17.7 Å². The van der Waals surface area contributed by atoms with Crippen LogP contribution in [0.1, 0.15) is 5.56 Å². The summed E-state index contributed by atoms with van der Waals surface area (Å²) in [7, 11) is 0. The molecular weight excluding hydrogens is 144 g/mol. The summed E-state index contributed by atoms with van der Waals surface area (Å²) in [6.07, 6.45) is 0. The van der Waals surface area contributed by atoms with Crippen molar-refractivity contribution in [1.29, 1.82) is 5.26 Å². The van der Waals surface area contributed by atoms with Gasteiger partial charge >= 0.3 is 0 Å². The van der Waals surface area contributed by atoms with E-state index in [0.717, 1.165) is 6.07 Å². The quantitative estimate of drug-likeness (QED) is 0.372. The maximum Gasteiger partial charge on any atom is 0.181 e. The molecule has 1 rings (SSSR count). The number of nitrogens with two attached hydrogens (primary N) is 1. The summed E-state index contributed by atoms with van der Waals surface area (Å²) >= 11 is 0. The minimum atomic E-state index is -0.385. The lowest BCUT2D eigenvalue weighted by molar-refractivity contribution is 0.405. The van der Waals surface area contributed by atoms with Crippen molar-refractivity contribution in [2.45, 2.75) is 0 Å². The van der Waals surface area contributed by atoms with Crippen LogP contribution in [0, 0.1) is 11.3 Å². The van der Waals surface area contributed by atoms with Crippen molar-refractivity contribution in [3.63, 3.8) is 0 Å². The van der Waals surface area contributed by atoms with E-state index in [1.807, 2.05) is 0 Å². The van der Waals surface area contributed by atoms with E-state index in [4.69, 9.17) is 21.2 Å². The van der Waals surface area contributed by atoms with Gasteiger partial charge in [-0.2, -0.15) is 5.26 Å². The van der Waals surface area contributed by atoms with Crippen molar-refractivity contribution in [2.75, 3.05) is 5.73 Å². The van der Waals surface area contributed by atoms with Gasteiger partial charge in [-0.05, 0) is 6.07 Å². The molecule has 0 fully saturated rings. The van der Waals surface area contributed by atoms with Crippen LogP contribution in [-0.4, -0.2) is 10.2 Å². The van der Waals surface area contributed by atoms with Gasteiger partial charge in [-0.3, -0.25) is 0 Å². The van der Waals surface area contributed by atoms with Gasteiger partial charge in [-0.25, -0.2) is 0 Å². The molecule has 0 aliphatic rings. The van der Waals surface area contributed by atoms with Crippen molar-refractivity contribution in [2.24, 2.45) is 0 Å². The fourth-order valence-corrected chi connectivity index (χ4v) is 0.706. The Morgan fingerprint density at radius 1 is 1.36 bits per heavy atom. The Balaban J connectivity index is 3.35. The molecule has 56 valence electrons. The first-order valence-corrected chi connectivity index (χ1v) is 2.86.